The maximum Gasteiger partial charge on any atom is 0.471 e. The van der Waals surface area contributed by atoms with Crippen LogP contribution in [0.25, 0.3) is 10.9 Å². The van der Waals surface area contributed by atoms with E-state index < -0.39 is 36.5 Å². The number of aryl methyl sites for hydroxylation is 1. The van der Waals surface area contributed by atoms with Gasteiger partial charge >= 0.3 is 18.1 Å². The Hall–Kier alpha value is -4.10. The normalized spacial score (nSPS) is 12.3. The summed E-state index contributed by atoms with van der Waals surface area (Å²) in [6.07, 6.45) is 0.419. The van der Waals surface area contributed by atoms with E-state index in [4.69, 9.17) is 5.11 Å². The smallest absolute Gasteiger partial charge is 0.471 e. The molecule has 1 aromatic carbocycles. The number of carbonyl (C=O) groups is 3. The fourth-order valence-electron chi connectivity index (χ4n) is 2.94. The Kier molecular flexibility index (Phi) is 7.15. The van der Waals surface area contributed by atoms with E-state index in [1.807, 2.05) is 0 Å². The average Bonchev–Trinajstić information content (AvgIpc) is 3.42. The Morgan fingerprint density at radius 3 is 2.70 bits per heavy atom. The topological polar surface area (TPSA) is 154 Å². The molecular formula is C19H20F3N7O4. The van der Waals surface area contributed by atoms with Gasteiger partial charge in [0.1, 0.15) is 6.04 Å². The molecule has 33 heavy (non-hydrogen) atoms. The monoisotopic (exact) mass is 467 g/mol. The Morgan fingerprint density at radius 2 is 2.03 bits per heavy atom. The van der Waals surface area contributed by atoms with Gasteiger partial charge in [0.25, 0.3) is 5.91 Å². The van der Waals surface area contributed by atoms with Crippen LogP contribution >= 0.6 is 0 Å². The summed E-state index contributed by atoms with van der Waals surface area (Å²) in [5.74, 6) is -4.16. The van der Waals surface area contributed by atoms with E-state index in [1.54, 1.807) is 29.3 Å². The van der Waals surface area contributed by atoms with Crippen LogP contribution in [0.15, 0.2) is 36.8 Å². The first-order valence-corrected chi connectivity index (χ1v) is 9.72. The molecule has 11 nitrogen and oxygen atoms in total. The zero-order chi connectivity index (χ0) is 24.0. The number of hydrogen-bond acceptors (Lipinski definition) is 6. The molecule has 14 heteroatoms. The van der Waals surface area contributed by atoms with E-state index in [9.17, 15) is 27.6 Å². The standard InChI is InChI=1S/C19H20F3N7O4/c20-19(21,22)17(33)28-13(16(31)32)10-26-15(30)11-2-3-14-12(8-11)9-27-29(14)7-1-4-23-18-24-5-6-25-18/h2-3,5-6,8-9,13H,1,4,7,10H2,(H,26,30)(H,28,33)(H,31,32)(H2,23,24,25)/t13-/m0/s1. The summed E-state index contributed by atoms with van der Waals surface area (Å²) in [6.45, 7) is 0.531. The lowest BCUT2D eigenvalue weighted by Crippen LogP contribution is -2.52. The fraction of sp³-hybridized carbons (Fsp3) is 0.316. The summed E-state index contributed by atoms with van der Waals surface area (Å²) >= 11 is 0. The highest BCUT2D eigenvalue weighted by Crippen LogP contribution is 2.17. The predicted molar refractivity (Wildman–Crippen MR) is 109 cm³/mol. The minimum Gasteiger partial charge on any atom is -0.480 e. The molecule has 0 aliphatic rings. The summed E-state index contributed by atoms with van der Waals surface area (Å²) in [5, 5.41) is 20.6. The van der Waals surface area contributed by atoms with Gasteiger partial charge in [-0.1, -0.05) is 0 Å². The Bertz CT molecular complexity index is 1130. The molecule has 3 aromatic rings. The van der Waals surface area contributed by atoms with Crippen molar-refractivity contribution in [2.45, 2.75) is 25.2 Å². The molecule has 0 saturated heterocycles. The number of carboxylic acid groups (broad SMARTS) is 1. The van der Waals surface area contributed by atoms with Crippen molar-refractivity contribution in [1.29, 1.82) is 0 Å². The van der Waals surface area contributed by atoms with Crippen LogP contribution in [0.2, 0.25) is 0 Å². The number of aliphatic carboxylic acids is 1. The SMILES string of the molecule is O=C(NC[C@H](NC(=O)C(F)(F)F)C(=O)O)c1ccc2c(cnn2CCCNc2ncc[nH]2)c1. The highest BCUT2D eigenvalue weighted by Gasteiger charge is 2.40. The zero-order valence-corrected chi connectivity index (χ0v) is 17.0. The third kappa shape index (κ3) is 6.21. The molecule has 5 N–H and O–H groups in total. The van der Waals surface area contributed by atoms with Crippen LogP contribution in [-0.4, -0.2) is 67.9 Å². The third-order valence-corrected chi connectivity index (χ3v) is 4.57. The average molecular weight is 467 g/mol. The van der Waals surface area contributed by atoms with Gasteiger partial charge in [-0.15, -0.1) is 0 Å². The number of aromatic amines is 1. The van der Waals surface area contributed by atoms with Crippen molar-refractivity contribution in [3.05, 3.63) is 42.4 Å². The summed E-state index contributed by atoms with van der Waals surface area (Å²) in [4.78, 5) is 41.4. The van der Waals surface area contributed by atoms with Crippen molar-refractivity contribution in [1.82, 2.24) is 30.4 Å². The molecule has 0 aliphatic carbocycles. The van der Waals surface area contributed by atoms with Crippen LogP contribution in [0.5, 0.6) is 0 Å². The Morgan fingerprint density at radius 1 is 1.24 bits per heavy atom. The summed E-state index contributed by atoms with van der Waals surface area (Å²) in [6, 6.07) is 2.74. The number of carboxylic acids is 1. The number of H-pyrrole nitrogens is 1. The van der Waals surface area contributed by atoms with E-state index in [2.05, 4.69) is 25.7 Å². The van der Waals surface area contributed by atoms with E-state index in [0.29, 0.717) is 24.4 Å². The zero-order valence-electron chi connectivity index (χ0n) is 17.0. The minimum atomic E-state index is -5.24. The number of hydrogen-bond donors (Lipinski definition) is 5. The Balaban J connectivity index is 1.56. The number of halogens is 3. The maximum atomic E-state index is 12.3. The number of carbonyl (C=O) groups excluding carboxylic acids is 2. The van der Waals surface area contributed by atoms with Crippen LogP contribution in [0.1, 0.15) is 16.8 Å². The first-order chi connectivity index (χ1) is 15.6. The van der Waals surface area contributed by atoms with Crippen LogP contribution < -0.4 is 16.0 Å². The van der Waals surface area contributed by atoms with Crippen molar-refractivity contribution in [2.75, 3.05) is 18.4 Å². The number of fused-ring (bicyclic) bond motifs is 1. The summed E-state index contributed by atoms with van der Waals surface area (Å²) < 4.78 is 38.8. The fourth-order valence-corrected chi connectivity index (χ4v) is 2.94. The van der Waals surface area contributed by atoms with Crippen molar-refractivity contribution in [3.63, 3.8) is 0 Å². The van der Waals surface area contributed by atoms with Gasteiger partial charge in [-0.2, -0.15) is 18.3 Å². The van der Waals surface area contributed by atoms with Gasteiger partial charge in [-0.05, 0) is 24.6 Å². The van der Waals surface area contributed by atoms with Crippen LogP contribution in [0.4, 0.5) is 19.1 Å². The molecule has 0 aliphatic heterocycles. The van der Waals surface area contributed by atoms with Gasteiger partial charge in [-0.25, -0.2) is 9.78 Å². The largest absolute Gasteiger partial charge is 0.480 e. The summed E-state index contributed by atoms with van der Waals surface area (Å²) in [7, 11) is 0. The van der Waals surface area contributed by atoms with Gasteiger partial charge in [0.2, 0.25) is 0 Å². The first kappa shape index (κ1) is 23.6. The highest BCUT2D eigenvalue weighted by atomic mass is 19.4. The van der Waals surface area contributed by atoms with Crippen molar-refractivity contribution in [2.24, 2.45) is 0 Å². The Labute approximate surface area is 184 Å². The first-order valence-electron chi connectivity index (χ1n) is 9.72. The molecule has 0 spiro atoms. The lowest BCUT2D eigenvalue weighted by Gasteiger charge is -2.16. The lowest BCUT2D eigenvalue weighted by molar-refractivity contribution is -0.175. The van der Waals surface area contributed by atoms with Crippen molar-refractivity contribution >= 4 is 34.6 Å². The molecule has 0 fully saturated rings. The third-order valence-electron chi connectivity index (χ3n) is 4.57. The van der Waals surface area contributed by atoms with Crippen LogP contribution in [-0.2, 0) is 16.1 Å². The molecule has 0 radical (unpaired) electrons. The predicted octanol–water partition coefficient (Wildman–Crippen LogP) is 1.12. The number of imidazole rings is 1. The molecule has 1 atom stereocenters. The van der Waals surface area contributed by atoms with Gasteiger partial charge in [-0.3, -0.25) is 14.3 Å². The summed E-state index contributed by atoms with van der Waals surface area (Å²) in [5.41, 5.74) is 0.929. The molecule has 0 saturated carbocycles. The molecule has 0 bridgehead atoms. The maximum absolute atomic E-state index is 12.3. The lowest BCUT2D eigenvalue weighted by atomic mass is 10.1. The van der Waals surface area contributed by atoms with Crippen molar-refractivity contribution < 1.29 is 32.7 Å². The van der Waals surface area contributed by atoms with Crippen molar-refractivity contribution in [3.8, 4) is 0 Å². The molecule has 3 rings (SSSR count). The second kappa shape index (κ2) is 10.0. The molecule has 2 aromatic heterocycles. The number of alkyl halides is 3. The minimum absolute atomic E-state index is 0.160. The quantitative estimate of drug-likeness (QED) is 0.280. The molecule has 0 unspecified atom stereocenters. The number of rotatable bonds is 10. The van der Waals surface area contributed by atoms with E-state index in [1.165, 1.54) is 17.4 Å². The van der Waals surface area contributed by atoms with E-state index >= 15 is 0 Å². The second-order valence-corrected chi connectivity index (χ2v) is 6.93. The number of aromatic nitrogens is 4. The molecule has 2 heterocycles. The van der Waals surface area contributed by atoms with Crippen LogP contribution in [0, 0.1) is 0 Å². The second-order valence-electron chi connectivity index (χ2n) is 6.93. The van der Waals surface area contributed by atoms with Gasteiger partial charge < -0.3 is 26.0 Å². The van der Waals surface area contributed by atoms with Gasteiger partial charge in [0.15, 0.2) is 5.95 Å². The van der Waals surface area contributed by atoms with E-state index in [0.717, 1.165) is 11.9 Å². The molecular weight excluding hydrogens is 447 g/mol. The van der Waals surface area contributed by atoms with Gasteiger partial charge in [0, 0.05) is 43.0 Å². The number of anilines is 1. The number of benzene rings is 1. The highest BCUT2D eigenvalue weighted by molar-refractivity contribution is 5.98. The van der Waals surface area contributed by atoms with E-state index in [-0.39, 0.29) is 5.56 Å². The van der Waals surface area contributed by atoms with Crippen LogP contribution in [0.3, 0.4) is 0 Å². The number of nitrogens with one attached hydrogen (secondary N) is 4. The molecule has 2 amide bonds. The molecule has 176 valence electrons. The number of amides is 2. The van der Waals surface area contributed by atoms with Gasteiger partial charge in [0.05, 0.1) is 11.7 Å². The number of nitrogens with zero attached hydrogens (tertiary/aromatic N) is 3.